The second-order valence-electron chi connectivity index (χ2n) is 8.89. The summed E-state index contributed by atoms with van der Waals surface area (Å²) in [5, 5.41) is 8.18. The molecule has 7 nitrogen and oxygen atoms in total. The van der Waals surface area contributed by atoms with Gasteiger partial charge in [0.05, 0.1) is 17.5 Å². The maximum absolute atomic E-state index is 15.2. The fourth-order valence-electron chi connectivity index (χ4n) is 4.16. The van der Waals surface area contributed by atoms with Crippen molar-refractivity contribution in [2.45, 2.75) is 61.9 Å². The third kappa shape index (κ3) is 4.63. The number of nitrogens with zero attached hydrogens (tertiary/aromatic N) is 4. The van der Waals surface area contributed by atoms with Crippen LogP contribution in [0.5, 0.6) is 0 Å². The molecule has 0 amide bonds. The first kappa shape index (κ1) is 22.7. The maximum Gasteiger partial charge on any atom is 0.184 e. The molecule has 2 unspecified atom stereocenters. The van der Waals surface area contributed by atoms with Gasteiger partial charge in [0.1, 0.15) is 28.1 Å². The van der Waals surface area contributed by atoms with E-state index in [0.717, 1.165) is 12.8 Å². The van der Waals surface area contributed by atoms with Crippen molar-refractivity contribution in [3.8, 4) is 0 Å². The number of amidine groups is 1. The van der Waals surface area contributed by atoms with E-state index in [9.17, 15) is 4.21 Å². The highest BCUT2D eigenvalue weighted by Crippen LogP contribution is 2.42. The molecule has 9 heteroatoms. The summed E-state index contributed by atoms with van der Waals surface area (Å²) < 4.78 is 28.7. The lowest BCUT2D eigenvalue weighted by atomic mass is 9.99. The van der Waals surface area contributed by atoms with Gasteiger partial charge in [0.15, 0.2) is 10.9 Å². The predicted octanol–water partition coefficient (Wildman–Crippen LogP) is 3.87. The summed E-state index contributed by atoms with van der Waals surface area (Å²) in [6.45, 7) is 6.22. The third-order valence-corrected chi connectivity index (χ3v) is 7.42. The zero-order chi connectivity index (χ0) is 23.8. The maximum atomic E-state index is 15.2. The van der Waals surface area contributed by atoms with E-state index in [-0.39, 0.29) is 27.6 Å². The van der Waals surface area contributed by atoms with Crippen LogP contribution in [0.3, 0.4) is 0 Å². The number of hydrogen-bond donors (Lipinski definition) is 1. The molecular formula is C25H26FN5O2S. The number of hydroxylamine groups is 1. The van der Waals surface area contributed by atoms with E-state index in [1.807, 2.05) is 0 Å². The predicted molar refractivity (Wildman–Crippen MR) is 127 cm³/mol. The molecule has 0 saturated heterocycles. The van der Waals surface area contributed by atoms with E-state index in [2.05, 4.69) is 52.7 Å². The fourth-order valence-corrected chi connectivity index (χ4v) is 5.28. The van der Waals surface area contributed by atoms with Crippen molar-refractivity contribution in [2.24, 2.45) is 4.99 Å². The lowest BCUT2D eigenvalue weighted by molar-refractivity contribution is 0.0620. The minimum Gasteiger partial charge on any atom is -0.272 e. The van der Waals surface area contributed by atoms with Crippen molar-refractivity contribution in [3.05, 3.63) is 76.0 Å². The molecule has 1 aromatic heterocycles. The van der Waals surface area contributed by atoms with Gasteiger partial charge in [0.2, 0.25) is 0 Å². The molecule has 5 rings (SSSR count). The lowest BCUT2D eigenvalue weighted by Gasteiger charge is -2.23. The van der Waals surface area contributed by atoms with Crippen molar-refractivity contribution in [1.29, 1.82) is 0 Å². The van der Waals surface area contributed by atoms with E-state index >= 15 is 4.39 Å². The van der Waals surface area contributed by atoms with Crippen LogP contribution >= 0.6 is 0 Å². The quantitative estimate of drug-likeness (QED) is 0.577. The Morgan fingerprint density at radius 2 is 1.97 bits per heavy atom. The molecule has 3 aromatic rings. The van der Waals surface area contributed by atoms with Gasteiger partial charge < -0.3 is 0 Å². The molecule has 0 radical (unpaired) electrons. The zero-order valence-corrected chi connectivity index (χ0v) is 20.2. The summed E-state index contributed by atoms with van der Waals surface area (Å²) in [6, 6.07) is 11.2. The Balaban J connectivity index is 1.49. The normalized spacial score (nSPS) is 18.8. The van der Waals surface area contributed by atoms with Crippen molar-refractivity contribution < 1.29 is 13.4 Å². The van der Waals surface area contributed by atoms with E-state index in [0.29, 0.717) is 30.3 Å². The third-order valence-electron chi connectivity index (χ3n) is 6.08. The van der Waals surface area contributed by atoms with Crippen molar-refractivity contribution in [1.82, 2.24) is 20.7 Å². The van der Waals surface area contributed by atoms with E-state index < -0.39 is 16.6 Å². The molecule has 2 aromatic carbocycles. The number of halogens is 1. The van der Waals surface area contributed by atoms with Crippen LogP contribution in [0.4, 0.5) is 4.39 Å². The molecule has 1 saturated carbocycles. The first-order valence-corrected chi connectivity index (χ1v) is 12.5. The Morgan fingerprint density at radius 1 is 1.15 bits per heavy atom. The molecule has 34 heavy (non-hydrogen) atoms. The number of benzene rings is 2. The highest BCUT2D eigenvalue weighted by atomic mass is 32.2. The second kappa shape index (κ2) is 9.31. The van der Waals surface area contributed by atoms with Crippen LogP contribution in [0, 0.1) is 26.6 Å². The van der Waals surface area contributed by atoms with Gasteiger partial charge >= 0.3 is 0 Å². The minimum atomic E-state index is -1.92. The summed E-state index contributed by atoms with van der Waals surface area (Å²) >= 11 is 0. The molecule has 1 aliphatic heterocycles. The molecule has 2 atom stereocenters. The molecule has 176 valence electrons. The van der Waals surface area contributed by atoms with Gasteiger partial charge in [-0.3, -0.25) is 9.83 Å². The van der Waals surface area contributed by atoms with E-state index in [1.54, 1.807) is 19.1 Å². The van der Waals surface area contributed by atoms with Crippen LogP contribution in [-0.4, -0.2) is 37.9 Å². The Labute approximate surface area is 200 Å². The van der Waals surface area contributed by atoms with Gasteiger partial charge in [-0.2, -0.15) is 0 Å². The Bertz CT molecular complexity index is 1310. The van der Waals surface area contributed by atoms with Gasteiger partial charge in [0.25, 0.3) is 0 Å². The Hall–Kier alpha value is -3.04. The average molecular weight is 480 g/mol. The summed E-state index contributed by atoms with van der Waals surface area (Å²) in [7, 11) is -1.92. The zero-order valence-electron chi connectivity index (χ0n) is 19.3. The van der Waals surface area contributed by atoms with Crippen LogP contribution in [0.25, 0.3) is 0 Å². The molecule has 2 heterocycles. The van der Waals surface area contributed by atoms with Crippen LogP contribution in [0.15, 0.2) is 51.3 Å². The summed E-state index contributed by atoms with van der Waals surface area (Å²) in [4.78, 5) is 14.9. The molecule has 0 spiro atoms. The monoisotopic (exact) mass is 479 g/mol. The van der Waals surface area contributed by atoms with Gasteiger partial charge in [-0.15, -0.1) is 10.2 Å². The summed E-state index contributed by atoms with van der Waals surface area (Å²) in [5.74, 6) is 0.465. The average Bonchev–Trinajstić information content (AvgIpc) is 3.66. The minimum absolute atomic E-state index is 0.0551. The Kier molecular flexibility index (Phi) is 6.22. The van der Waals surface area contributed by atoms with Gasteiger partial charge in [-0.1, -0.05) is 35.9 Å². The summed E-state index contributed by atoms with van der Waals surface area (Å²) in [6.07, 6.45) is 2.58. The Morgan fingerprint density at radius 3 is 2.74 bits per heavy atom. The molecule has 1 aliphatic carbocycles. The molecule has 1 fully saturated rings. The molecule has 0 bridgehead atoms. The number of hydrogen-bond acceptors (Lipinski definition) is 7. The summed E-state index contributed by atoms with van der Waals surface area (Å²) in [5.41, 5.74) is 7.24. The van der Waals surface area contributed by atoms with Crippen molar-refractivity contribution in [2.75, 3.05) is 6.61 Å². The topological polar surface area (TPSA) is 89.4 Å². The first-order chi connectivity index (χ1) is 16.4. The van der Waals surface area contributed by atoms with Crippen LogP contribution in [0.1, 0.15) is 52.5 Å². The van der Waals surface area contributed by atoms with Crippen LogP contribution < -0.4 is 5.48 Å². The number of aromatic nitrogens is 3. The number of nitrogens with one attached hydrogen (secondary N) is 1. The smallest absolute Gasteiger partial charge is 0.184 e. The first-order valence-electron chi connectivity index (χ1n) is 11.3. The van der Waals surface area contributed by atoms with Crippen LogP contribution in [0.2, 0.25) is 0 Å². The number of rotatable bonds is 6. The lowest BCUT2D eigenvalue weighted by Crippen LogP contribution is -2.38. The standard InChI is InChI=1S/C25H26FN5O2S/c1-14-7-8-18(15(2)11-14)12-19-13-33-31-24(28-19)23-25(30-29-16(3)27-23)34(32)21-6-4-5-20(22(21)26)17-9-10-17/h4-8,11,17,19H,9-10,12-13H2,1-3H3,(H,28,31). The number of aliphatic imine (C=N–C) groups is 1. The molecule has 1 N–H and O–H groups in total. The highest BCUT2D eigenvalue weighted by molar-refractivity contribution is 7.85. The second-order valence-corrected chi connectivity index (χ2v) is 10.3. The molecular weight excluding hydrogens is 453 g/mol. The van der Waals surface area contributed by atoms with E-state index in [4.69, 9.17) is 9.83 Å². The largest absolute Gasteiger partial charge is 0.272 e. The fraction of sp³-hybridized carbons (Fsp3) is 0.360. The molecule has 2 aliphatic rings. The SMILES string of the molecule is Cc1ccc(CC2CONC(c3nc(C)nnc3S(=O)c3cccc(C4CC4)c3F)=N2)c(C)c1. The van der Waals surface area contributed by atoms with Gasteiger partial charge in [0, 0.05) is 0 Å². The number of aryl methyl sites for hydroxylation is 3. The van der Waals surface area contributed by atoms with Crippen molar-refractivity contribution in [3.63, 3.8) is 0 Å². The van der Waals surface area contributed by atoms with E-state index in [1.165, 1.54) is 22.8 Å². The highest BCUT2D eigenvalue weighted by Gasteiger charge is 2.31. The van der Waals surface area contributed by atoms with Gasteiger partial charge in [-0.25, -0.2) is 19.1 Å². The van der Waals surface area contributed by atoms with Crippen molar-refractivity contribution >= 4 is 16.6 Å². The van der Waals surface area contributed by atoms with Crippen LogP contribution in [-0.2, 0) is 22.1 Å². The van der Waals surface area contributed by atoms with Gasteiger partial charge in [-0.05, 0) is 68.7 Å².